The summed E-state index contributed by atoms with van der Waals surface area (Å²) in [7, 11) is 0. The zero-order valence-corrected chi connectivity index (χ0v) is 56.9. The maximum absolute atomic E-state index is 12.4. The second-order valence-electron chi connectivity index (χ2n) is 25.4. The van der Waals surface area contributed by atoms with Gasteiger partial charge in [0.1, 0.15) is 6.61 Å². The van der Waals surface area contributed by atoms with E-state index in [4.69, 9.17) is 9.47 Å². The Hall–Kier alpha value is -2.92. The number of carbonyl (C=O) groups excluding carboxylic acids is 2. The lowest BCUT2D eigenvalue weighted by Gasteiger charge is -2.15. The van der Waals surface area contributed by atoms with Crippen LogP contribution >= 0.6 is 0 Å². The smallest absolute Gasteiger partial charge is 0.306 e. The van der Waals surface area contributed by atoms with Crippen molar-refractivity contribution in [2.75, 3.05) is 13.2 Å². The van der Waals surface area contributed by atoms with Gasteiger partial charge < -0.3 is 14.6 Å². The zero-order valence-electron chi connectivity index (χ0n) is 56.9. The summed E-state index contributed by atoms with van der Waals surface area (Å²) >= 11 is 0. The summed E-state index contributed by atoms with van der Waals surface area (Å²) in [6, 6.07) is 0. The number of rotatable bonds is 70. The third-order valence-electron chi connectivity index (χ3n) is 17.0. The third-order valence-corrected chi connectivity index (χ3v) is 17.0. The topological polar surface area (TPSA) is 72.8 Å². The highest BCUT2D eigenvalue weighted by Gasteiger charge is 2.16. The van der Waals surface area contributed by atoms with Crippen LogP contribution in [-0.4, -0.2) is 36.4 Å². The fourth-order valence-electron chi connectivity index (χ4n) is 11.4. The summed E-state index contributed by atoms with van der Waals surface area (Å²) < 4.78 is 10.8. The first-order chi connectivity index (χ1) is 42.1. The van der Waals surface area contributed by atoms with Crippen molar-refractivity contribution in [3.8, 4) is 0 Å². The first-order valence-corrected chi connectivity index (χ1v) is 37.6. The van der Waals surface area contributed by atoms with Crippen LogP contribution in [0, 0.1) is 0 Å². The van der Waals surface area contributed by atoms with E-state index in [-0.39, 0.29) is 25.2 Å². The Bertz CT molecular complexity index is 1530. The fourth-order valence-corrected chi connectivity index (χ4v) is 11.4. The maximum Gasteiger partial charge on any atom is 0.306 e. The third kappa shape index (κ3) is 73.5. The Balaban J connectivity index is 3.41. The molecule has 5 heteroatoms. The molecule has 1 N–H and O–H groups in total. The summed E-state index contributed by atoms with van der Waals surface area (Å²) in [4.78, 5) is 24.7. The number of hydrogen-bond donors (Lipinski definition) is 1. The standard InChI is InChI=1S/C80H144O5/c1-3-5-7-9-11-13-15-17-19-21-23-25-27-29-31-33-35-36-37-38-39-40-41-42-43-44-45-47-49-51-53-55-57-59-61-63-65-67-69-71-73-75-80(83)85-78(76-81)77-84-79(82)74-72-70-68-66-64-62-60-58-56-54-52-50-48-46-34-32-30-28-26-24-22-20-18-16-14-12-10-8-6-4-2/h5,7,11,13,17,19,23,25,29,31,35-36,38-39,78,81H,3-4,6,8-10,12,14-16,18,20-22,24,26-28,30,32-34,37,40-77H2,1-2H3/b7-5-,13-11-,19-17-,25-23-,31-29-,36-35-,39-38-. The number of allylic oxidation sites excluding steroid dienone is 14. The van der Waals surface area contributed by atoms with Crippen molar-refractivity contribution in [3.63, 3.8) is 0 Å². The van der Waals surface area contributed by atoms with Gasteiger partial charge >= 0.3 is 11.9 Å². The van der Waals surface area contributed by atoms with Crippen LogP contribution < -0.4 is 0 Å². The number of unbranched alkanes of at least 4 members (excludes halogenated alkanes) is 48. The molecular formula is C80H144O5. The van der Waals surface area contributed by atoms with E-state index < -0.39 is 6.10 Å². The van der Waals surface area contributed by atoms with Gasteiger partial charge in [-0.2, -0.15) is 0 Å². The van der Waals surface area contributed by atoms with Gasteiger partial charge in [0.2, 0.25) is 0 Å². The van der Waals surface area contributed by atoms with Crippen LogP contribution in [0.2, 0.25) is 0 Å². The van der Waals surface area contributed by atoms with E-state index in [0.717, 1.165) is 77.0 Å². The molecule has 0 bridgehead atoms. The molecule has 0 aliphatic rings. The van der Waals surface area contributed by atoms with Crippen molar-refractivity contribution in [1.29, 1.82) is 0 Å². The average Bonchev–Trinajstić information content (AvgIpc) is 3.52. The Labute approximate surface area is 530 Å². The number of esters is 2. The van der Waals surface area contributed by atoms with Crippen LogP contribution in [0.3, 0.4) is 0 Å². The molecule has 0 aromatic carbocycles. The molecule has 0 aliphatic carbocycles. The van der Waals surface area contributed by atoms with Gasteiger partial charge in [0.05, 0.1) is 6.61 Å². The van der Waals surface area contributed by atoms with Crippen molar-refractivity contribution in [3.05, 3.63) is 85.1 Å². The van der Waals surface area contributed by atoms with Gasteiger partial charge in [0.15, 0.2) is 6.10 Å². The molecule has 0 rings (SSSR count). The van der Waals surface area contributed by atoms with Crippen LogP contribution in [0.1, 0.15) is 393 Å². The summed E-state index contributed by atoms with van der Waals surface area (Å²) in [5, 5.41) is 9.72. The molecule has 494 valence electrons. The minimum Gasteiger partial charge on any atom is -0.462 e. The lowest BCUT2D eigenvalue weighted by atomic mass is 10.0. The summed E-state index contributed by atoms with van der Waals surface area (Å²) in [6.07, 6.45) is 106. The van der Waals surface area contributed by atoms with E-state index in [0.29, 0.717) is 12.8 Å². The van der Waals surface area contributed by atoms with Gasteiger partial charge in [-0.05, 0) is 70.6 Å². The van der Waals surface area contributed by atoms with Crippen LogP contribution in [0.25, 0.3) is 0 Å². The predicted molar refractivity (Wildman–Crippen MR) is 376 cm³/mol. The molecule has 0 aromatic rings. The highest BCUT2D eigenvalue weighted by Crippen LogP contribution is 2.19. The summed E-state index contributed by atoms with van der Waals surface area (Å²) in [6.45, 7) is 4.08. The molecule has 0 radical (unpaired) electrons. The van der Waals surface area contributed by atoms with E-state index in [2.05, 4.69) is 98.9 Å². The highest BCUT2D eigenvalue weighted by molar-refractivity contribution is 5.70. The van der Waals surface area contributed by atoms with E-state index >= 15 is 0 Å². The average molecular weight is 1190 g/mol. The van der Waals surface area contributed by atoms with Crippen molar-refractivity contribution in [1.82, 2.24) is 0 Å². The number of hydrogen-bond acceptors (Lipinski definition) is 5. The summed E-state index contributed by atoms with van der Waals surface area (Å²) in [5.74, 6) is -0.568. The molecule has 1 atom stereocenters. The Kier molecular flexibility index (Phi) is 72.7. The van der Waals surface area contributed by atoms with Gasteiger partial charge in [-0.3, -0.25) is 9.59 Å². The predicted octanol–water partition coefficient (Wildman–Crippen LogP) is 26.4. The minimum absolute atomic E-state index is 0.0612. The number of aliphatic hydroxyl groups excluding tert-OH is 1. The lowest BCUT2D eigenvalue weighted by molar-refractivity contribution is -0.161. The molecule has 0 amide bonds. The van der Waals surface area contributed by atoms with Gasteiger partial charge in [0, 0.05) is 12.8 Å². The normalized spacial score (nSPS) is 12.6. The molecule has 0 heterocycles. The van der Waals surface area contributed by atoms with E-state index in [9.17, 15) is 14.7 Å². The monoisotopic (exact) mass is 1190 g/mol. The largest absolute Gasteiger partial charge is 0.462 e. The van der Waals surface area contributed by atoms with E-state index in [1.807, 2.05) is 0 Å². The van der Waals surface area contributed by atoms with Gasteiger partial charge in [0.25, 0.3) is 0 Å². The van der Waals surface area contributed by atoms with Crippen LogP contribution in [-0.2, 0) is 19.1 Å². The second-order valence-corrected chi connectivity index (χ2v) is 25.4. The van der Waals surface area contributed by atoms with Gasteiger partial charge in [-0.15, -0.1) is 0 Å². The van der Waals surface area contributed by atoms with Gasteiger partial charge in [-0.25, -0.2) is 0 Å². The molecule has 0 fully saturated rings. The lowest BCUT2D eigenvalue weighted by Crippen LogP contribution is -2.28. The summed E-state index contributed by atoms with van der Waals surface area (Å²) in [5.41, 5.74) is 0. The highest BCUT2D eigenvalue weighted by atomic mass is 16.6. The SMILES string of the molecule is CC/C=C\C/C=C\C/C=C\C/C=C\C/C=C\C/C=C\C/C=C\CCCCCCCCCCCCCCCCCCCCCC(=O)OC(CO)COC(=O)CCCCCCCCCCCCCCCCCCCCCCCCCCCCCCCC. The zero-order chi connectivity index (χ0) is 61.2. The molecular weight excluding hydrogens is 1040 g/mol. The van der Waals surface area contributed by atoms with Crippen LogP contribution in [0.5, 0.6) is 0 Å². The van der Waals surface area contributed by atoms with Gasteiger partial charge in [-0.1, -0.05) is 394 Å². The minimum atomic E-state index is -0.773. The number of ether oxygens (including phenoxy) is 2. The molecule has 0 spiro atoms. The Morgan fingerprint density at radius 3 is 0.765 bits per heavy atom. The number of carbonyl (C=O) groups is 2. The maximum atomic E-state index is 12.4. The fraction of sp³-hybridized carbons (Fsp3) is 0.800. The van der Waals surface area contributed by atoms with E-state index in [1.54, 1.807) is 0 Å². The second kappa shape index (κ2) is 75.3. The van der Waals surface area contributed by atoms with Crippen molar-refractivity contribution in [2.45, 2.75) is 399 Å². The molecule has 0 aliphatic heterocycles. The van der Waals surface area contributed by atoms with Crippen molar-refractivity contribution < 1.29 is 24.2 Å². The van der Waals surface area contributed by atoms with Crippen LogP contribution in [0.4, 0.5) is 0 Å². The van der Waals surface area contributed by atoms with E-state index in [1.165, 1.54) is 289 Å². The first kappa shape index (κ1) is 82.1. The molecule has 85 heavy (non-hydrogen) atoms. The molecule has 5 nitrogen and oxygen atoms in total. The van der Waals surface area contributed by atoms with Crippen LogP contribution in [0.15, 0.2) is 85.1 Å². The molecule has 0 aromatic heterocycles. The first-order valence-electron chi connectivity index (χ1n) is 37.6. The molecule has 0 saturated heterocycles. The molecule has 0 saturated carbocycles. The Morgan fingerprint density at radius 2 is 0.506 bits per heavy atom. The quantitative estimate of drug-likeness (QED) is 0.0373. The Morgan fingerprint density at radius 1 is 0.282 bits per heavy atom. The van der Waals surface area contributed by atoms with Crippen molar-refractivity contribution in [2.24, 2.45) is 0 Å². The number of aliphatic hydroxyl groups is 1. The molecule has 1 unspecified atom stereocenters. The van der Waals surface area contributed by atoms with Crippen molar-refractivity contribution >= 4 is 11.9 Å².